The molecule has 0 saturated carbocycles. The van der Waals surface area contributed by atoms with E-state index in [0.29, 0.717) is 18.3 Å². The van der Waals surface area contributed by atoms with Gasteiger partial charge in [-0.05, 0) is 60.3 Å². The van der Waals surface area contributed by atoms with Gasteiger partial charge in [0.05, 0.1) is 6.10 Å². The molecule has 1 aliphatic rings. The molecule has 0 amide bonds. The molecular formula is C23H31N5OS. The van der Waals surface area contributed by atoms with Crippen molar-refractivity contribution in [3.8, 4) is 0 Å². The van der Waals surface area contributed by atoms with E-state index in [0.717, 1.165) is 30.0 Å². The molecule has 2 unspecified atom stereocenters. The molecule has 1 aromatic heterocycles. The van der Waals surface area contributed by atoms with Crippen LogP contribution in [0.5, 0.6) is 0 Å². The topological polar surface area (TPSA) is 84.3 Å². The Kier molecular flexibility index (Phi) is 8.30. The number of hydrogen-bond acceptors (Lipinski definition) is 7. The molecule has 0 spiro atoms. The molecule has 1 saturated heterocycles. The number of β-amino-alcohol motifs (C(OH)–C–C–N with tert-alkyl or cyclic N) is 1. The van der Waals surface area contributed by atoms with E-state index >= 15 is 0 Å². The van der Waals surface area contributed by atoms with Gasteiger partial charge in [-0.25, -0.2) is 4.98 Å². The maximum absolute atomic E-state index is 10.8. The maximum atomic E-state index is 10.8. The summed E-state index contributed by atoms with van der Waals surface area (Å²) in [4.78, 5) is 6.43. The molecule has 0 bridgehead atoms. The highest BCUT2D eigenvalue weighted by atomic mass is 32.2. The first kappa shape index (κ1) is 22.3. The Bertz CT molecular complexity index is 842. The average Bonchev–Trinajstić information content (AvgIpc) is 2.76. The van der Waals surface area contributed by atoms with Gasteiger partial charge >= 0.3 is 0 Å². The van der Waals surface area contributed by atoms with Crippen LogP contribution in [0.1, 0.15) is 31.7 Å². The van der Waals surface area contributed by atoms with E-state index in [1.54, 1.807) is 18.1 Å². The predicted octanol–water partition coefficient (Wildman–Crippen LogP) is 4.35. The number of hydrogen-bond donors (Lipinski definition) is 4. The van der Waals surface area contributed by atoms with Crippen molar-refractivity contribution in [1.82, 2.24) is 9.88 Å². The number of rotatable bonds is 9. The van der Waals surface area contributed by atoms with Crippen LogP contribution < -0.4 is 10.0 Å². The minimum absolute atomic E-state index is 0.131. The van der Waals surface area contributed by atoms with E-state index in [-0.39, 0.29) is 5.92 Å². The first-order valence-corrected chi connectivity index (χ1v) is 11.2. The van der Waals surface area contributed by atoms with Gasteiger partial charge in [0.25, 0.3) is 0 Å². The number of pyridine rings is 1. The zero-order chi connectivity index (χ0) is 21.3. The molecule has 0 aliphatic carbocycles. The van der Waals surface area contributed by atoms with Crippen molar-refractivity contribution >= 4 is 29.7 Å². The average molecular weight is 426 g/mol. The molecular weight excluding hydrogens is 394 g/mol. The number of aliphatic hydroxyl groups excluding tert-OH is 1. The molecule has 1 aromatic carbocycles. The Morgan fingerprint density at radius 1 is 1.33 bits per heavy atom. The molecule has 2 atom stereocenters. The highest BCUT2D eigenvalue weighted by molar-refractivity contribution is 8.01. The van der Waals surface area contributed by atoms with Crippen LogP contribution in [0, 0.1) is 5.41 Å². The lowest BCUT2D eigenvalue weighted by atomic mass is 9.87. The van der Waals surface area contributed by atoms with E-state index in [1.807, 2.05) is 24.4 Å². The van der Waals surface area contributed by atoms with Gasteiger partial charge in [-0.2, -0.15) is 0 Å². The molecule has 0 radical (unpaired) electrons. The maximum Gasteiger partial charge on any atom is 0.129 e. The molecule has 6 nitrogen and oxygen atoms in total. The van der Waals surface area contributed by atoms with Crippen LogP contribution in [-0.2, 0) is 0 Å². The van der Waals surface area contributed by atoms with E-state index in [1.165, 1.54) is 11.8 Å². The normalized spacial score (nSPS) is 20.2. The van der Waals surface area contributed by atoms with Gasteiger partial charge in [0.15, 0.2) is 0 Å². The van der Waals surface area contributed by atoms with Gasteiger partial charge in [-0.15, -0.1) is 0 Å². The zero-order valence-corrected chi connectivity index (χ0v) is 18.4. The number of nitrogens with zero attached hydrogens (tertiary/aromatic N) is 2. The van der Waals surface area contributed by atoms with Gasteiger partial charge in [-0.3, -0.25) is 4.90 Å². The summed E-state index contributed by atoms with van der Waals surface area (Å²) in [5.41, 5.74) is 3.11. The number of anilines is 2. The number of aromatic nitrogens is 1. The van der Waals surface area contributed by atoms with Crippen LogP contribution in [0.4, 0.5) is 11.5 Å². The molecule has 30 heavy (non-hydrogen) atoms. The summed E-state index contributed by atoms with van der Waals surface area (Å²) in [5, 5.41) is 22.2. The van der Waals surface area contributed by atoms with Crippen LogP contribution in [0.2, 0.25) is 0 Å². The third-order valence-corrected chi connectivity index (χ3v) is 5.88. The highest BCUT2D eigenvalue weighted by Gasteiger charge is 2.29. The van der Waals surface area contributed by atoms with Crippen LogP contribution in [-0.4, -0.2) is 52.2 Å². The van der Waals surface area contributed by atoms with E-state index in [4.69, 9.17) is 5.41 Å². The molecule has 1 fully saturated rings. The van der Waals surface area contributed by atoms with Gasteiger partial charge in [-0.1, -0.05) is 32.0 Å². The van der Waals surface area contributed by atoms with Crippen LogP contribution in [0.3, 0.4) is 0 Å². The van der Waals surface area contributed by atoms with E-state index in [9.17, 15) is 5.11 Å². The Morgan fingerprint density at radius 3 is 2.90 bits per heavy atom. The van der Waals surface area contributed by atoms with Gasteiger partial charge in [0, 0.05) is 48.6 Å². The lowest BCUT2D eigenvalue weighted by molar-refractivity contribution is 0.0564. The third-order valence-electron chi connectivity index (χ3n) is 5.06. The van der Waals surface area contributed by atoms with Crippen LogP contribution in [0.15, 0.2) is 60.4 Å². The SMILES string of the molecule is CC(C)SNc1cccc(C2CCN(C/C(C=N)=C/Nc3ccccn3)CC2O)c1. The smallest absolute Gasteiger partial charge is 0.129 e. The number of benzene rings is 1. The van der Waals surface area contributed by atoms with Crippen LogP contribution >= 0.6 is 11.9 Å². The quantitative estimate of drug-likeness (QED) is 0.353. The monoisotopic (exact) mass is 425 g/mol. The standard InChI is InChI=1S/C23H31N5OS/c1-17(2)30-27-20-7-5-6-19(12-20)21-9-11-28(16-22(21)29)15-18(13-24)14-26-23-8-3-4-10-25-23/h3-8,10,12-14,17,21-22,24,27,29H,9,11,15-16H2,1-2H3,(H,25,26)/b18-14+,24-13?. The summed E-state index contributed by atoms with van der Waals surface area (Å²) in [6.07, 6.45) is 5.36. The summed E-state index contributed by atoms with van der Waals surface area (Å²) in [5.74, 6) is 0.880. The van der Waals surface area contributed by atoms with Crippen molar-refractivity contribution in [2.45, 2.75) is 37.5 Å². The second-order valence-corrected chi connectivity index (χ2v) is 9.20. The molecule has 1 aliphatic heterocycles. The summed E-state index contributed by atoms with van der Waals surface area (Å²) >= 11 is 1.69. The van der Waals surface area contributed by atoms with Crippen molar-refractivity contribution < 1.29 is 5.11 Å². The van der Waals surface area contributed by atoms with Crippen molar-refractivity contribution in [1.29, 1.82) is 5.41 Å². The fraction of sp³-hybridized carbons (Fsp3) is 0.391. The van der Waals surface area contributed by atoms with E-state index < -0.39 is 6.10 Å². The number of piperidine rings is 1. The summed E-state index contributed by atoms with van der Waals surface area (Å²) in [7, 11) is 0. The minimum atomic E-state index is -0.428. The minimum Gasteiger partial charge on any atom is -0.391 e. The first-order valence-electron chi connectivity index (χ1n) is 10.3. The summed E-state index contributed by atoms with van der Waals surface area (Å²) in [6.45, 7) is 6.42. The zero-order valence-electron chi connectivity index (χ0n) is 17.6. The predicted molar refractivity (Wildman–Crippen MR) is 127 cm³/mol. The highest BCUT2D eigenvalue weighted by Crippen LogP contribution is 2.31. The lowest BCUT2D eigenvalue weighted by Crippen LogP contribution is -2.43. The molecule has 160 valence electrons. The Balaban J connectivity index is 1.57. The molecule has 2 aromatic rings. The van der Waals surface area contributed by atoms with Crippen LogP contribution in [0.25, 0.3) is 0 Å². The first-order chi connectivity index (χ1) is 14.5. The van der Waals surface area contributed by atoms with Gasteiger partial charge in [0.1, 0.15) is 5.82 Å². The van der Waals surface area contributed by atoms with Gasteiger partial charge in [0.2, 0.25) is 0 Å². The second-order valence-electron chi connectivity index (χ2n) is 7.81. The molecule has 2 heterocycles. The molecule has 3 rings (SSSR count). The Hall–Kier alpha value is -2.35. The van der Waals surface area contributed by atoms with Crippen molar-refractivity contribution in [3.05, 3.63) is 66.0 Å². The fourth-order valence-electron chi connectivity index (χ4n) is 3.55. The summed E-state index contributed by atoms with van der Waals surface area (Å²) in [6, 6.07) is 14.0. The second kappa shape index (κ2) is 11.2. The van der Waals surface area contributed by atoms with Crippen molar-refractivity contribution in [2.75, 3.05) is 29.7 Å². The number of likely N-dealkylation sites (tertiary alicyclic amines) is 1. The fourth-order valence-corrected chi connectivity index (χ4v) is 4.05. The van der Waals surface area contributed by atoms with E-state index in [2.05, 4.69) is 58.0 Å². The summed E-state index contributed by atoms with van der Waals surface area (Å²) < 4.78 is 3.39. The number of nitrogens with one attached hydrogen (secondary N) is 3. The molecule has 4 N–H and O–H groups in total. The number of aliphatic hydroxyl groups is 1. The largest absolute Gasteiger partial charge is 0.391 e. The Morgan fingerprint density at radius 2 is 2.20 bits per heavy atom. The van der Waals surface area contributed by atoms with Crippen molar-refractivity contribution in [3.63, 3.8) is 0 Å². The lowest BCUT2D eigenvalue weighted by Gasteiger charge is -2.36. The Labute approximate surface area is 183 Å². The van der Waals surface area contributed by atoms with Gasteiger partial charge < -0.3 is 20.6 Å². The molecule has 7 heteroatoms. The van der Waals surface area contributed by atoms with Crippen molar-refractivity contribution in [2.24, 2.45) is 0 Å². The third kappa shape index (κ3) is 6.58.